The van der Waals surface area contributed by atoms with Crippen molar-refractivity contribution in [3.05, 3.63) is 23.8 Å². The molecule has 1 atom stereocenters. The number of nitrogens with two attached hydrogens (primary N) is 1. The Kier molecular flexibility index (Phi) is 4.36. The molecule has 0 saturated carbocycles. The molecule has 1 aliphatic rings. The molecule has 2 rings (SSSR count). The summed E-state index contributed by atoms with van der Waals surface area (Å²) in [6.45, 7) is 0.726. The topological polar surface area (TPSA) is 64.3 Å². The number of thioether (sulfide) groups is 1. The quantitative estimate of drug-likeness (QED) is 0.815. The van der Waals surface area contributed by atoms with E-state index in [1.54, 1.807) is 18.2 Å². The predicted molar refractivity (Wildman–Crippen MR) is 75.2 cm³/mol. The van der Waals surface area contributed by atoms with Crippen LogP contribution in [0.2, 0.25) is 0 Å². The van der Waals surface area contributed by atoms with E-state index in [4.69, 9.17) is 10.5 Å². The van der Waals surface area contributed by atoms with Gasteiger partial charge in [-0.05, 0) is 36.0 Å². The van der Waals surface area contributed by atoms with E-state index in [0.717, 1.165) is 12.3 Å². The Morgan fingerprint density at radius 1 is 1.61 bits per heavy atom. The average molecular weight is 266 g/mol. The van der Waals surface area contributed by atoms with E-state index >= 15 is 0 Å². The van der Waals surface area contributed by atoms with Crippen molar-refractivity contribution in [2.75, 3.05) is 30.9 Å². The summed E-state index contributed by atoms with van der Waals surface area (Å²) >= 11 is 1.94. The first-order valence-electron chi connectivity index (χ1n) is 6.00. The Balaban J connectivity index is 2.01. The van der Waals surface area contributed by atoms with E-state index in [1.165, 1.54) is 19.3 Å². The fourth-order valence-corrected chi connectivity index (χ4v) is 3.32. The zero-order valence-electron chi connectivity index (χ0n) is 10.4. The summed E-state index contributed by atoms with van der Waals surface area (Å²) < 4.78 is 5.18. The van der Waals surface area contributed by atoms with E-state index in [0.29, 0.717) is 22.9 Å². The Morgan fingerprint density at radius 2 is 2.44 bits per heavy atom. The smallest absolute Gasteiger partial charge is 0.255 e. The van der Waals surface area contributed by atoms with Crippen LogP contribution in [0.1, 0.15) is 16.8 Å². The Morgan fingerprint density at radius 3 is 3.11 bits per heavy atom. The predicted octanol–water partition coefficient (Wildman–Crippen LogP) is 1.76. The Labute approximate surface area is 111 Å². The molecule has 1 fully saturated rings. The van der Waals surface area contributed by atoms with Crippen molar-refractivity contribution in [2.45, 2.75) is 6.42 Å². The molecule has 1 aromatic rings. The second-order valence-electron chi connectivity index (χ2n) is 4.37. The molecule has 98 valence electrons. The third-order valence-corrected chi connectivity index (χ3v) is 4.30. The Bertz CT molecular complexity index is 431. The van der Waals surface area contributed by atoms with Gasteiger partial charge in [0.2, 0.25) is 0 Å². The molecule has 1 aromatic carbocycles. The number of hydrogen-bond acceptors (Lipinski definition) is 4. The number of methoxy groups -OCH3 is 1. The second kappa shape index (κ2) is 6.00. The minimum atomic E-state index is -0.115. The van der Waals surface area contributed by atoms with Gasteiger partial charge in [0.05, 0.1) is 18.4 Å². The summed E-state index contributed by atoms with van der Waals surface area (Å²) in [5, 5.41) is 2.96. The fourth-order valence-electron chi connectivity index (χ4n) is 2.04. The van der Waals surface area contributed by atoms with E-state index in [2.05, 4.69) is 5.32 Å². The van der Waals surface area contributed by atoms with Gasteiger partial charge in [-0.25, -0.2) is 0 Å². The number of benzene rings is 1. The maximum Gasteiger partial charge on any atom is 0.255 e. The van der Waals surface area contributed by atoms with Gasteiger partial charge in [-0.15, -0.1) is 0 Å². The van der Waals surface area contributed by atoms with E-state index < -0.39 is 0 Å². The normalized spacial score (nSPS) is 18.6. The molecule has 1 unspecified atom stereocenters. The number of amides is 1. The molecule has 18 heavy (non-hydrogen) atoms. The lowest BCUT2D eigenvalue weighted by Gasteiger charge is -2.13. The highest BCUT2D eigenvalue weighted by atomic mass is 32.2. The molecule has 1 heterocycles. The third kappa shape index (κ3) is 2.90. The molecule has 0 aromatic heterocycles. The summed E-state index contributed by atoms with van der Waals surface area (Å²) in [4.78, 5) is 12.1. The number of carbonyl (C=O) groups excluding carboxylic acids is 1. The minimum absolute atomic E-state index is 0.115. The van der Waals surface area contributed by atoms with Gasteiger partial charge in [0.25, 0.3) is 5.91 Å². The van der Waals surface area contributed by atoms with Gasteiger partial charge < -0.3 is 15.8 Å². The van der Waals surface area contributed by atoms with Crippen LogP contribution in [0, 0.1) is 5.92 Å². The van der Waals surface area contributed by atoms with Crippen LogP contribution in [0.4, 0.5) is 5.69 Å². The van der Waals surface area contributed by atoms with Crippen LogP contribution in [-0.2, 0) is 0 Å². The number of ether oxygens (including phenoxy) is 1. The third-order valence-electron chi connectivity index (χ3n) is 3.07. The first kappa shape index (κ1) is 13.1. The van der Waals surface area contributed by atoms with Crippen LogP contribution in [0.5, 0.6) is 5.75 Å². The summed E-state index contributed by atoms with van der Waals surface area (Å²) in [5.74, 6) is 3.26. The molecular weight excluding hydrogens is 248 g/mol. The van der Waals surface area contributed by atoms with Crippen molar-refractivity contribution in [3.8, 4) is 5.75 Å². The maximum absolute atomic E-state index is 12.1. The van der Waals surface area contributed by atoms with Crippen molar-refractivity contribution < 1.29 is 9.53 Å². The highest BCUT2D eigenvalue weighted by molar-refractivity contribution is 7.99. The number of para-hydroxylation sites is 1. The van der Waals surface area contributed by atoms with Crippen LogP contribution >= 0.6 is 11.8 Å². The zero-order chi connectivity index (χ0) is 13.0. The zero-order valence-corrected chi connectivity index (χ0v) is 11.3. The fraction of sp³-hybridized carbons (Fsp3) is 0.462. The van der Waals surface area contributed by atoms with Crippen LogP contribution in [0.15, 0.2) is 18.2 Å². The molecule has 3 N–H and O–H groups in total. The molecule has 0 radical (unpaired) electrons. The molecule has 0 bridgehead atoms. The lowest BCUT2D eigenvalue weighted by atomic mass is 10.1. The number of anilines is 1. The number of nitrogen functional groups attached to an aromatic ring is 1. The highest BCUT2D eigenvalue weighted by Crippen LogP contribution is 2.26. The van der Waals surface area contributed by atoms with Crippen LogP contribution < -0.4 is 15.8 Å². The van der Waals surface area contributed by atoms with Gasteiger partial charge in [-0.1, -0.05) is 6.07 Å². The monoisotopic (exact) mass is 266 g/mol. The standard InChI is InChI=1S/C13H18N2O2S/c1-17-12-10(3-2-4-11(12)14)13(16)15-7-9-5-6-18-8-9/h2-4,9H,5-8,14H2,1H3,(H,15,16). The largest absolute Gasteiger partial charge is 0.494 e. The van der Waals surface area contributed by atoms with Crippen molar-refractivity contribution in [2.24, 2.45) is 5.92 Å². The summed E-state index contributed by atoms with van der Waals surface area (Å²) in [6.07, 6.45) is 1.18. The van der Waals surface area contributed by atoms with Crippen molar-refractivity contribution in [1.82, 2.24) is 5.32 Å². The van der Waals surface area contributed by atoms with Crippen molar-refractivity contribution in [1.29, 1.82) is 0 Å². The number of nitrogens with one attached hydrogen (secondary N) is 1. The van der Waals surface area contributed by atoms with Gasteiger partial charge in [-0.3, -0.25) is 4.79 Å². The highest BCUT2D eigenvalue weighted by Gasteiger charge is 2.18. The van der Waals surface area contributed by atoms with Gasteiger partial charge in [-0.2, -0.15) is 11.8 Å². The molecule has 0 spiro atoms. The van der Waals surface area contributed by atoms with Gasteiger partial charge in [0.1, 0.15) is 0 Å². The minimum Gasteiger partial charge on any atom is -0.494 e. The Hall–Kier alpha value is -1.36. The summed E-state index contributed by atoms with van der Waals surface area (Å²) in [7, 11) is 1.52. The van der Waals surface area contributed by atoms with E-state index in [-0.39, 0.29) is 5.91 Å². The van der Waals surface area contributed by atoms with Gasteiger partial charge >= 0.3 is 0 Å². The number of rotatable bonds is 4. The number of hydrogen-bond donors (Lipinski definition) is 2. The second-order valence-corrected chi connectivity index (χ2v) is 5.52. The van der Waals surface area contributed by atoms with Gasteiger partial charge in [0.15, 0.2) is 5.75 Å². The molecule has 1 amide bonds. The molecule has 1 saturated heterocycles. The summed E-state index contributed by atoms with van der Waals surface area (Å²) in [5.41, 5.74) is 6.77. The SMILES string of the molecule is COc1c(N)cccc1C(=O)NCC1CCSC1. The molecule has 4 nitrogen and oxygen atoms in total. The molecule has 0 aliphatic carbocycles. The lowest BCUT2D eigenvalue weighted by molar-refractivity contribution is 0.0945. The molecular formula is C13H18N2O2S. The van der Waals surface area contributed by atoms with Crippen molar-refractivity contribution in [3.63, 3.8) is 0 Å². The lowest BCUT2D eigenvalue weighted by Crippen LogP contribution is -2.29. The van der Waals surface area contributed by atoms with Crippen molar-refractivity contribution >= 4 is 23.4 Å². The first-order chi connectivity index (χ1) is 8.72. The van der Waals surface area contributed by atoms with Crippen LogP contribution in [0.3, 0.4) is 0 Å². The van der Waals surface area contributed by atoms with E-state index in [9.17, 15) is 4.79 Å². The average Bonchev–Trinajstić information content (AvgIpc) is 2.88. The first-order valence-corrected chi connectivity index (χ1v) is 7.16. The van der Waals surface area contributed by atoms with Crippen LogP contribution in [0.25, 0.3) is 0 Å². The molecule has 5 heteroatoms. The number of carbonyl (C=O) groups is 1. The van der Waals surface area contributed by atoms with E-state index in [1.807, 2.05) is 11.8 Å². The maximum atomic E-state index is 12.1. The molecule has 1 aliphatic heterocycles. The van der Waals surface area contributed by atoms with Gasteiger partial charge in [0, 0.05) is 6.54 Å². The summed E-state index contributed by atoms with van der Waals surface area (Å²) in [6, 6.07) is 5.22. The van der Waals surface area contributed by atoms with Crippen LogP contribution in [-0.4, -0.2) is 31.1 Å².